The maximum atomic E-state index is 12.5. The highest BCUT2D eigenvalue weighted by molar-refractivity contribution is 5.96. The van der Waals surface area contributed by atoms with Crippen LogP contribution < -0.4 is 5.32 Å². The van der Waals surface area contributed by atoms with Gasteiger partial charge < -0.3 is 14.6 Å². The molecule has 0 aliphatic heterocycles. The number of hydrogen-bond acceptors (Lipinski definition) is 6. The SMILES string of the molecule is Cc1ccccc1-c1noc(COC(=O)C(NC(=O)c2ccccc2)C(C)C)n1. The van der Waals surface area contributed by atoms with Crippen LogP contribution >= 0.6 is 0 Å². The summed E-state index contributed by atoms with van der Waals surface area (Å²) in [6.07, 6.45) is 0. The van der Waals surface area contributed by atoms with Crippen LogP contribution in [0.4, 0.5) is 0 Å². The van der Waals surface area contributed by atoms with Crippen molar-refractivity contribution in [1.29, 1.82) is 0 Å². The molecule has 0 aliphatic rings. The third-order valence-electron chi connectivity index (χ3n) is 4.44. The Morgan fingerprint density at radius 2 is 1.76 bits per heavy atom. The van der Waals surface area contributed by atoms with E-state index in [2.05, 4.69) is 15.5 Å². The van der Waals surface area contributed by atoms with Crippen molar-refractivity contribution >= 4 is 11.9 Å². The molecule has 0 saturated carbocycles. The standard InChI is InChI=1S/C22H23N3O4/c1-14(2)19(24-21(26)16-10-5-4-6-11-16)22(27)28-13-18-23-20(25-29-18)17-12-8-7-9-15(17)3/h4-12,14,19H,13H2,1-3H3,(H,24,26). The predicted molar refractivity (Wildman–Crippen MR) is 107 cm³/mol. The van der Waals surface area contributed by atoms with Crippen LogP contribution in [0.1, 0.15) is 35.7 Å². The topological polar surface area (TPSA) is 94.3 Å². The number of rotatable bonds is 7. The summed E-state index contributed by atoms with van der Waals surface area (Å²) in [5.41, 5.74) is 2.34. The van der Waals surface area contributed by atoms with E-state index < -0.39 is 12.0 Å². The molecule has 1 amide bonds. The molecule has 29 heavy (non-hydrogen) atoms. The second kappa shape index (κ2) is 9.14. The summed E-state index contributed by atoms with van der Waals surface area (Å²) >= 11 is 0. The summed E-state index contributed by atoms with van der Waals surface area (Å²) in [7, 11) is 0. The third-order valence-corrected chi connectivity index (χ3v) is 4.44. The maximum absolute atomic E-state index is 12.5. The van der Waals surface area contributed by atoms with Crippen molar-refractivity contribution in [1.82, 2.24) is 15.5 Å². The maximum Gasteiger partial charge on any atom is 0.329 e. The number of aromatic nitrogens is 2. The van der Waals surface area contributed by atoms with Gasteiger partial charge >= 0.3 is 5.97 Å². The smallest absolute Gasteiger partial charge is 0.329 e. The van der Waals surface area contributed by atoms with Crippen molar-refractivity contribution < 1.29 is 18.8 Å². The Hall–Kier alpha value is -3.48. The fraction of sp³-hybridized carbons (Fsp3) is 0.273. The van der Waals surface area contributed by atoms with Gasteiger partial charge in [0.15, 0.2) is 6.61 Å². The molecule has 7 nitrogen and oxygen atoms in total. The molecule has 1 aromatic heterocycles. The van der Waals surface area contributed by atoms with E-state index in [1.165, 1.54) is 0 Å². The van der Waals surface area contributed by atoms with Gasteiger partial charge in [-0.1, -0.05) is 61.5 Å². The van der Waals surface area contributed by atoms with Gasteiger partial charge in [-0.05, 0) is 30.5 Å². The molecule has 0 saturated heterocycles. The number of benzene rings is 2. The van der Waals surface area contributed by atoms with Crippen molar-refractivity contribution in [3.63, 3.8) is 0 Å². The zero-order chi connectivity index (χ0) is 20.8. The Balaban J connectivity index is 1.62. The molecule has 0 spiro atoms. The third kappa shape index (κ3) is 5.07. The van der Waals surface area contributed by atoms with Gasteiger partial charge in [-0.25, -0.2) is 4.79 Å². The molecule has 0 radical (unpaired) electrons. The number of carbonyl (C=O) groups excluding carboxylic acids is 2. The lowest BCUT2D eigenvalue weighted by molar-refractivity contribution is -0.149. The van der Waals surface area contributed by atoms with E-state index in [1.807, 2.05) is 51.1 Å². The van der Waals surface area contributed by atoms with Gasteiger partial charge in [0, 0.05) is 11.1 Å². The van der Waals surface area contributed by atoms with Crippen LogP contribution in [0.2, 0.25) is 0 Å². The molecule has 7 heteroatoms. The molecule has 1 N–H and O–H groups in total. The quantitative estimate of drug-likeness (QED) is 0.617. The van der Waals surface area contributed by atoms with Crippen molar-refractivity contribution in [2.45, 2.75) is 33.4 Å². The Bertz CT molecular complexity index is 982. The van der Waals surface area contributed by atoms with Crippen LogP contribution in [0.15, 0.2) is 59.1 Å². The molecule has 2 aromatic carbocycles. The minimum atomic E-state index is -0.790. The first-order valence-electron chi connectivity index (χ1n) is 9.37. The van der Waals surface area contributed by atoms with Crippen LogP contribution in [0.25, 0.3) is 11.4 Å². The summed E-state index contributed by atoms with van der Waals surface area (Å²) < 4.78 is 10.5. The number of aryl methyl sites for hydroxylation is 1. The van der Waals surface area contributed by atoms with Gasteiger partial charge in [-0.15, -0.1) is 0 Å². The Morgan fingerprint density at radius 1 is 1.07 bits per heavy atom. The first-order chi connectivity index (χ1) is 14.0. The number of ether oxygens (including phenoxy) is 1. The van der Waals surface area contributed by atoms with Crippen molar-refractivity contribution in [3.05, 3.63) is 71.6 Å². The van der Waals surface area contributed by atoms with Gasteiger partial charge in [-0.3, -0.25) is 4.79 Å². The van der Waals surface area contributed by atoms with Crippen molar-refractivity contribution in [2.24, 2.45) is 5.92 Å². The number of esters is 1. The summed E-state index contributed by atoms with van der Waals surface area (Å²) in [5, 5.41) is 6.67. The summed E-state index contributed by atoms with van der Waals surface area (Å²) in [6, 6.07) is 15.6. The lowest BCUT2D eigenvalue weighted by Gasteiger charge is -2.20. The molecule has 0 fully saturated rings. The lowest BCUT2D eigenvalue weighted by Crippen LogP contribution is -2.45. The highest BCUT2D eigenvalue weighted by Gasteiger charge is 2.26. The largest absolute Gasteiger partial charge is 0.454 e. The number of hydrogen-bond donors (Lipinski definition) is 1. The van der Waals surface area contributed by atoms with Gasteiger partial charge in [0.25, 0.3) is 11.8 Å². The number of nitrogens with one attached hydrogen (secondary N) is 1. The Morgan fingerprint density at radius 3 is 2.45 bits per heavy atom. The summed E-state index contributed by atoms with van der Waals surface area (Å²) in [6.45, 7) is 5.45. The Kier molecular flexibility index (Phi) is 6.39. The molecule has 1 unspecified atom stereocenters. The second-order valence-corrected chi connectivity index (χ2v) is 7.00. The zero-order valence-corrected chi connectivity index (χ0v) is 16.6. The van der Waals surface area contributed by atoms with Crippen LogP contribution in [0.3, 0.4) is 0 Å². The van der Waals surface area contributed by atoms with E-state index in [-0.39, 0.29) is 24.3 Å². The van der Waals surface area contributed by atoms with Gasteiger partial charge in [0.1, 0.15) is 6.04 Å². The fourth-order valence-electron chi connectivity index (χ4n) is 2.78. The van der Waals surface area contributed by atoms with E-state index in [0.717, 1.165) is 11.1 Å². The van der Waals surface area contributed by atoms with Crippen LogP contribution in [-0.2, 0) is 16.1 Å². The van der Waals surface area contributed by atoms with E-state index >= 15 is 0 Å². The lowest BCUT2D eigenvalue weighted by atomic mass is 10.0. The Labute approximate surface area is 169 Å². The van der Waals surface area contributed by atoms with Gasteiger partial charge in [0.2, 0.25) is 5.82 Å². The molecule has 3 aromatic rings. The average molecular weight is 393 g/mol. The second-order valence-electron chi connectivity index (χ2n) is 7.00. The first-order valence-corrected chi connectivity index (χ1v) is 9.37. The van der Waals surface area contributed by atoms with E-state index in [1.54, 1.807) is 24.3 Å². The predicted octanol–water partition coefficient (Wildman–Crippen LogP) is 3.54. The molecule has 1 atom stereocenters. The summed E-state index contributed by atoms with van der Waals surface area (Å²) in [5.74, 6) is -0.415. The minimum Gasteiger partial charge on any atom is -0.454 e. The molecular formula is C22H23N3O4. The highest BCUT2D eigenvalue weighted by Crippen LogP contribution is 2.20. The number of carbonyl (C=O) groups is 2. The number of nitrogens with zero attached hydrogens (tertiary/aromatic N) is 2. The van der Waals surface area contributed by atoms with Crippen LogP contribution in [0.5, 0.6) is 0 Å². The molecule has 0 bridgehead atoms. The molecule has 150 valence electrons. The van der Waals surface area contributed by atoms with Crippen molar-refractivity contribution in [3.8, 4) is 11.4 Å². The van der Waals surface area contributed by atoms with E-state index in [9.17, 15) is 9.59 Å². The van der Waals surface area contributed by atoms with E-state index in [4.69, 9.17) is 9.26 Å². The van der Waals surface area contributed by atoms with E-state index in [0.29, 0.717) is 11.4 Å². The minimum absolute atomic E-state index is 0.152. The van der Waals surface area contributed by atoms with Crippen LogP contribution in [-0.4, -0.2) is 28.1 Å². The molecule has 1 heterocycles. The number of amides is 1. The zero-order valence-electron chi connectivity index (χ0n) is 16.6. The average Bonchev–Trinajstić information content (AvgIpc) is 3.19. The van der Waals surface area contributed by atoms with Gasteiger partial charge in [0.05, 0.1) is 0 Å². The molecule has 0 aliphatic carbocycles. The summed E-state index contributed by atoms with van der Waals surface area (Å²) in [4.78, 5) is 29.2. The monoisotopic (exact) mass is 393 g/mol. The molecule has 3 rings (SSSR count). The van der Waals surface area contributed by atoms with Crippen LogP contribution in [0, 0.1) is 12.8 Å². The van der Waals surface area contributed by atoms with Gasteiger partial charge in [-0.2, -0.15) is 4.98 Å². The normalized spacial score (nSPS) is 11.9. The fourth-order valence-corrected chi connectivity index (χ4v) is 2.78. The molecular weight excluding hydrogens is 370 g/mol. The van der Waals surface area contributed by atoms with Crippen molar-refractivity contribution in [2.75, 3.05) is 0 Å². The highest BCUT2D eigenvalue weighted by atomic mass is 16.6. The first kappa shape index (κ1) is 20.3.